The second-order valence-electron chi connectivity index (χ2n) is 9.06. The first-order chi connectivity index (χ1) is 17.0. The van der Waals surface area contributed by atoms with Crippen LogP contribution in [0.2, 0.25) is 0 Å². The first kappa shape index (κ1) is 24.7. The van der Waals surface area contributed by atoms with Crippen LogP contribution in [0.15, 0.2) is 36.4 Å². The number of nitrogens with zero attached hydrogens (tertiary/aromatic N) is 1. The highest BCUT2D eigenvalue weighted by Crippen LogP contribution is 2.41. The molecule has 35 heavy (non-hydrogen) atoms. The van der Waals surface area contributed by atoms with Crippen molar-refractivity contribution in [2.24, 2.45) is 0 Å². The third kappa shape index (κ3) is 5.63. The molecule has 2 aromatic rings. The second-order valence-corrected chi connectivity index (χ2v) is 9.06. The standard InChI is InChI=1S/C27H35N3O5/c1-33-21-10-8-18(9-11-21)26-22-17-24(35-3)23(34-2)16-19(22)13-15-30(26)27(32)28-14-12-25(31)29-20-6-4-5-7-20/h8-11,16-17,20,26H,4-7,12-15H2,1-3H3,(H,28,32)(H,29,31)/t26-/m0/s1. The summed E-state index contributed by atoms with van der Waals surface area (Å²) in [6.45, 7) is 0.835. The Morgan fingerprint density at radius 3 is 2.31 bits per heavy atom. The van der Waals surface area contributed by atoms with Crippen LogP contribution in [-0.4, -0.2) is 57.3 Å². The maximum atomic E-state index is 13.3. The predicted octanol–water partition coefficient (Wildman–Crippen LogP) is 3.82. The smallest absolute Gasteiger partial charge is 0.318 e. The SMILES string of the molecule is COc1ccc([C@H]2c3cc(OC)c(OC)cc3CCN2C(=O)NCCC(=O)NC2CCCC2)cc1. The van der Waals surface area contributed by atoms with Crippen molar-refractivity contribution in [2.45, 2.75) is 50.6 Å². The minimum atomic E-state index is -0.309. The summed E-state index contributed by atoms with van der Waals surface area (Å²) >= 11 is 0. The van der Waals surface area contributed by atoms with Gasteiger partial charge in [-0.1, -0.05) is 25.0 Å². The van der Waals surface area contributed by atoms with Crippen LogP contribution in [0.4, 0.5) is 4.79 Å². The first-order valence-electron chi connectivity index (χ1n) is 12.3. The van der Waals surface area contributed by atoms with Crippen LogP contribution in [0.3, 0.4) is 0 Å². The molecule has 2 aromatic carbocycles. The fraction of sp³-hybridized carbons (Fsp3) is 0.481. The molecule has 2 N–H and O–H groups in total. The van der Waals surface area contributed by atoms with Gasteiger partial charge < -0.3 is 29.7 Å². The molecular weight excluding hydrogens is 446 g/mol. The normalized spacial score (nSPS) is 17.5. The average molecular weight is 482 g/mol. The third-order valence-corrected chi connectivity index (χ3v) is 6.91. The van der Waals surface area contributed by atoms with Crippen LogP contribution in [0.25, 0.3) is 0 Å². The number of nitrogens with one attached hydrogen (secondary N) is 2. The minimum absolute atomic E-state index is 0.00951. The van der Waals surface area contributed by atoms with E-state index in [9.17, 15) is 9.59 Å². The Labute approximate surface area is 206 Å². The van der Waals surface area contributed by atoms with Crippen LogP contribution in [-0.2, 0) is 11.2 Å². The van der Waals surface area contributed by atoms with Crippen molar-refractivity contribution in [3.8, 4) is 17.2 Å². The summed E-state index contributed by atoms with van der Waals surface area (Å²) in [7, 11) is 4.86. The number of methoxy groups -OCH3 is 3. The number of urea groups is 1. The van der Waals surface area contributed by atoms with Crippen molar-refractivity contribution >= 4 is 11.9 Å². The molecule has 1 fully saturated rings. The molecule has 1 aliphatic carbocycles. The lowest BCUT2D eigenvalue weighted by Crippen LogP contribution is -2.47. The Hall–Kier alpha value is -3.42. The lowest BCUT2D eigenvalue weighted by Gasteiger charge is -2.38. The number of benzene rings is 2. The Bertz CT molecular complexity index is 1030. The van der Waals surface area contributed by atoms with Gasteiger partial charge in [0.2, 0.25) is 5.91 Å². The number of carbonyl (C=O) groups excluding carboxylic acids is 2. The molecule has 1 aliphatic heterocycles. The van der Waals surface area contributed by atoms with Gasteiger partial charge >= 0.3 is 6.03 Å². The quantitative estimate of drug-likeness (QED) is 0.598. The van der Waals surface area contributed by atoms with Crippen LogP contribution < -0.4 is 24.8 Å². The molecular formula is C27H35N3O5. The fourth-order valence-electron chi connectivity index (χ4n) is 5.06. The van der Waals surface area contributed by atoms with Gasteiger partial charge in [-0.05, 0) is 60.2 Å². The summed E-state index contributed by atoms with van der Waals surface area (Å²) in [6, 6.07) is 11.5. The monoisotopic (exact) mass is 481 g/mol. The van der Waals surface area contributed by atoms with Gasteiger partial charge in [-0.15, -0.1) is 0 Å². The highest BCUT2D eigenvalue weighted by Gasteiger charge is 2.33. The molecule has 2 aliphatic rings. The Morgan fingerprint density at radius 1 is 0.971 bits per heavy atom. The summed E-state index contributed by atoms with van der Waals surface area (Å²) in [5.74, 6) is 2.03. The molecule has 3 amide bonds. The van der Waals surface area contributed by atoms with E-state index in [2.05, 4.69) is 10.6 Å². The van der Waals surface area contributed by atoms with Crippen molar-refractivity contribution in [3.05, 3.63) is 53.1 Å². The number of hydrogen-bond acceptors (Lipinski definition) is 5. The molecule has 1 saturated carbocycles. The maximum absolute atomic E-state index is 13.3. The fourth-order valence-corrected chi connectivity index (χ4v) is 5.06. The number of carbonyl (C=O) groups is 2. The summed E-state index contributed by atoms with van der Waals surface area (Å²) in [5.41, 5.74) is 3.07. The van der Waals surface area contributed by atoms with Crippen molar-refractivity contribution in [1.29, 1.82) is 0 Å². The highest BCUT2D eigenvalue weighted by atomic mass is 16.5. The summed E-state index contributed by atoms with van der Waals surface area (Å²) in [5, 5.41) is 6.03. The lowest BCUT2D eigenvalue weighted by atomic mass is 9.87. The van der Waals surface area contributed by atoms with E-state index in [0.717, 1.165) is 35.3 Å². The van der Waals surface area contributed by atoms with E-state index >= 15 is 0 Å². The van der Waals surface area contributed by atoms with E-state index in [1.807, 2.05) is 41.3 Å². The van der Waals surface area contributed by atoms with Crippen molar-refractivity contribution in [3.63, 3.8) is 0 Å². The molecule has 0 aromatic heterocycles. The Balaban J connectivity index is 1.53. The van der Waals surface area contributed by atoms with Crippen LogP contribution >= 0.6 is 0 Å². The van der Waals surface area contributed by atoms with Gasteiger partial charge in [0.15, 0.2) is 11.5 Å². The summed E-state index contributed by atoms with van der Waals surface area (Å²) < 4.78 is 16.4. The molecule has 8 nitrogen and oxygen atoms in total. The van der Waals surface area contributed by atoms with E-state index < -0.39 is 0 Å². The number of ether oxygens (including phenoxy) is 3. The number of amides is 3. The van der Waals surface area contributed by atoms with E-state index in [1.54, 1.807) is 21.3 Å². The topological polar surface area (TPSA) is 89.1 Å². The first-order valence-corrected chi connectivity index (χ1v) is 12.3. The molecule has 4 rings (SSSR count). The predicted molar refractivity (Wildman–Crippen MR) is 133 cm³/mol. The largest absolute Gasteiger partial charge is 0.497 e. The zero-order chi connectivity index (χ0) is 24.8. The highest BCUT2D eigenvalue weighted by molar-refractivity contribution is 5.79. The van der Waals surface area contributed by atoms with Gasteiger partial charge in [0.1, 0.15) is 5.75 Å². The van der Waals surface area contributed by atoms with E-state index in [4.69, 9.17) is 14.2 Å². The van der Waals surface area contributed by atoms with Gasteiger partial charge in [-0.2, -0.15) is 0 Å². The minimum Gasteiger partial charge on any atom is -0.497 e. The van der Waals surface area contributed by atoms with Gasteiger partial charge in [0.05, 0.1) is 27.4 Å². The van der Waals surface area contributed by atoms with Gasteiger partial charge in [0, 0.05) is 25.6 Å². The molecule has 188 valence electrons. The molecule has 8 heteroatoms. The average Bonchev–Trinajstić information content (AvgIpc) is 3.40. The van der Waals surface area contributed by atoms with Gasteiger partial charge in [-0.25, -0.2) is 4.79 Å². The molecule has 1 heterocycles. The zero-order valence-electron chi connectivity index (χ0n) is 20.8. The van der Waals surface area contributed by atoms with E-state index in [1.165, 1.54) is 12.8 Å². The lowest BCUT2D eigenvalue weighted by molar-refractivity contribution is -0.121. The molecule has 0 spiro atoms. The van der Waals surface area contributed by atoms with Crippen molar-refractivity contribution in [1.82, 2.24) is 15.5 Å². The number of rotatable bonds is 8. The number of fused-ring (bicyclic) bond motifs is 1. The third-order valence-electron chi connectivity index (χ3n) is 6.91. The van der Waals surface area contributed by atoms with Gasteiger partial charge in [0.25, 0.3) is 0 Å². The van der Waals surface area contributed by atoms with Crippen LogP contribution in [0.1, 0.15) is 54.8 Å². The summed E-state index contributed by atoms with van der Waals surface area (Å²) in [4.78, 5) is 27.4. The van der Waals surface area contributed by atoms with Crippen LogP contribution in [0, 0.1) is 0 Å². The number of hydrogen-bond donors (Lipinski definition) is 2. The molecule has 0 radical (unpaired) electrons. The van der Waals surface area contributed by atoms with Gasteiger partial charge in [-0.3, -0.25) is 4.79 Å². The Kier molecular flexibility index (Phi) is 8.00. The second kappa shape index (κ2) is 11.3. The Morgan fingerprint density at radius 2 is 1.66 bits per heavy atom. The molecule has 0 unspecified atom stereocenters. The van der Waals surface area contributed by atoms with Crippen LogP contribution in [0.5, 0.6) is 17.2 Å². The molecule has 0 saturated heterocycles. The van der Waals surface area contributed by atoms with E-state index in [-0.39, 0.29) is 30.4 Å². The zero-order valence-corrected chi connectivity index (χ0v) is 20.8. The molecule has 1 atom stereocenters. The van der Waals surface area contributed by atoms with Crippen molar-refractivity contribution in [2.75, 3.05) is 34.4 Å². The van der Waals surface area contributed by atoms with Crippen molar-refractivity contribution < 1.29 is 23.8 Å². The maximum Gasteiger partial charge on any atom is 0.318 e. The van der Waals surface area contributed by atoms with E-state index in [0.29, 0.717) is 31.0 Å². The molecule has 0 bridgehead atoms. The summed E-state index contributed by atoms with van der Waals surface area (Å²) in [6.07, 6.45) is 5.39.